The van der Waals surface area contributed by atoms with E-state index in [1.807, 2.05) is 50.9 Å². The van der Waals surface area contributed by atoms with Crippen LogP contribution in [-0.2, 0) is 35.2 Å². The number of carbonyl (C=O) groups excluding carboxylic acids is 4. The van der Waals surface area contributed by atoms with Crippen LogP contribution in [0.4, 0.5) is 0 Å². The summed E-state index contributed by atoms with van der Waals surface area (Å²) in [5, 5.41) is 11.5. The molecule has 0 aliphatic carbocycles. The van der Waals surface area contributed by atoms with Gasteiger partial charge in [-0.3, -0.25) is 19.2 Å². The number of hydrogen-bond donors (Lipinski definition) is 1. The monoisotopic (exact) mass is 604 g/mol. The average Bonchev–Trinajstić information content (AvgIpc) is 3.58. The number of aromatic nitrogens is 3. The summed E-state index contributed by atoms with van der Waals surface area (Å²) in [6, 6.07) is -1.43. The van der Waals surface area contributed by atoms with E-state index in [0.717, 1.165) is 5.69 Å². The Morgan fingerprint density at radius 3 is 2.42 bits per heavy atom. The molecule has 1 aromatic rings. The van der Waals surface area contributed by atoms with Crippen LogP contribution >= 0.6 is 0 Å². The molecular formula is C29H48N8O6. The number of amides is 4. The van der Waals surface area contributed by atoms with Gasteiger partial charge >= 0.3 is 0 Å². The van der Waals surface area contributed by atoms with Gasteiger partial charge in [0.1, 0.15) is 19.2 Å². The highest BCUT2D eigenvalue weighted by atomic mass is 16.5. The van der Waals surface area contributed by atoms with Gasteiger partial charge in [-0.2, -0.15) is 0 Å². The van der Waals surface area contributed by atoms with Gasteiger partial charge in [0.15, 0.2) is 0 Å². The van der Waals surface area contributed by atoms with E-state index in [1.165, 1.54) is 0 Å². The summed E-state index contributed by atoms with van der Waals surface area (Å²) >= 11 is 0. The standard InChI is InChI=1S/C29H48N8O6/c1-29(2,3)16-24(38)34-10-6-22(7-11-34)36-19-25(39)35-12-8-23(37-18-21(31-32-37)17-33(4)5)27(35)28(41)30-9-13-42-14-15-43-20-26(36)40/h18,22-23,27H,6-17,19-20H2,1-5H3,(H,30,41)/t23-,27+/m1/s1. The summed E-state index contributed by atoms with van der Waals surface area (Å²) in [5.74, 6) is -0.780. The summed E-state index contributed by atoms with van der Waals surface area (Å²) in [5.41, 5.74) is 0.659. The molecule has 14 heteroatoms. The maximum absolute atomic E-state index is 13.9. The smallest absolute Gasteiger partial charge is 0.249 e. The van der Waals surface area contributed by atoms with Crippen molar-refractivity contribution < 1.29 is 28.7 Å². The lowest BCUT2D eigenvalue weighted by atomic mass is 9.91. The maximum Gasteiger partial charge on any atom is 0.249 e. The highest BCUT2D eigenvalue weighted by Gasteiger charge is 2.44. The van der Waals surface area contributed by atoms with E-state index in [2.05, 4.69) is 15.6 Å². The Hall–Kier alpha value is -3.10. The second kappa shape index (κ2) is 14.6. The highest BCUT2D eigenvalue weighted by molar-refractivity contribution is 5.91. The van der Waals surface area contributed by atoms with E-state index in [-0.39, 0.29) is 74.6 Å². The molecule has 0 aromatic carbocycles. The SMILES string of the molecule is CN(C)Cc1cn([C@@H]2CCN3C(=O)CN(C4CCN(C(=O)CC(C)(C)C)CC4)C(=O)COCCOCCNC(=O)[C@H]23)nn1. The molecule has 4 amide bonds. The number of hydrogen-bond acceptors (Lipinski definition) is 9. The molecule has 0 saturated carbocycles. The Bertz CT molecular complexity index is 1130. The maximum atomic E-state index is 13.9. The summed E-state index contributed by atoms with van der Waals surface area (Å²) < 4.78 is 12.8. The summed E-state index contributed by atoms with van der Waals surface area (Å²) in [4.78, 5) is 60.7. The lowest BCUT2D eigenvalue weighted by Gasteiger charge is -2.39. The number of nitrogens with zero attached hydrogens (tertiary/aromatic N) is 7. The third-order valence-corrected chi connectivity index (χ3v) is 8.04. The predicted molar refractivity (Wildman–Crippen MR) is 157 cm³/mol. The van der Waals surface area contributed by atoms with Gasteiger partial charge < -0.3 is 34.4 Å². The lowest BCUT2D eigenvalue weighted by Crippen LogP contribution is -2.55. The molecule has 3 aliphatic heterocycles. The van der Waals surface area contributed by atoms with Gasteiger partial charge in [-0.25, -0.2) is 4.68 Å². The van der Waals surface area contributed by atoms with Crippen molar-refractivity contribution in [2.45, 2.75) is 71.1 Å². The molecule has 0 radical (unpaired) electrons. The minimum atomic E-state index is -0.809. The van der Waals surface area contributed by atoms with Gasteiger partial charge in [-0.05, 0) is 38.8 Å². The van der Waals surface area contributed by atoms with E-state index in [4.69, 9.17) is 9.47 Å². The largest absolute Gasteiger partial charge is 0.377 e. The lowest BCUT2D eigenvalue weighted by molar-refractivity contribution is -0.149. The fourth-order valence-electron chi connectivity index (χ4n) is 5.98. The zero-order valence-electron chi connectivity index (χ0n) is 26.3. The third kappa shape index (κ3) is 8.96. The van der Waals surface area contributed by atoms with Crippen LogP contribution < -0.4 is 5.32 Å². The van der Waals surface area contributed by atoms with Crippen LogP contribution in [0.25, 0.3) is 0 Å². The van der Waals surface area contributed by atoms with Crippen LogP contribution in [0.2, 0.25) is 0 Å². The summed E-state index contributed by atoms with van der Waals surface area (Å²) in [6.07, 6.45) is 3.94. The molecule has 43 heavy (non-hydrogen) atoms. The van der Waals surface area contributed by atoms with Crippen molar-refractivity contribution in [3.05, 3.63) is 11.9 Å². The molecule has 3 aliphatic rings. The number of rotatable bonds is 5. The first-order valence-electron chi connectivity index (χ1n) is 15.3. The molecule has 4 rings (SSSR count). The Kier molecular flexibility index (Phi) is 11.1. The van der Waals surface area contributed by atoms with Crippen LogP contribution in [0.3, 0.4) is 0 Å². The van der Waals surface area contributed by atoms with Gasteiger partial charge in [-0.15, -0.1) is 5.10 Å². The Labute approximate surface area is 254 Å². The van der Waals surface area contributed by atoms with Gasteiger partial charge in [0.2, 0.25) is 23.6 Å². The predicted octanol–water partition coefficient (Wildman–Crippen LogP) is -0.0995. The molecule has 3 fully saturated rings. The minimum Gasteiger partial charge on any atom is -0.377 e. The molecule has 1 aromatic heterocycles. The second-order valence-corrected chi connectivity index (χ2v) is 13.1. The minimum absolute atomic E-state index is 0.104. The van der Waals surface area contributed by atoms with Crippen molar-refractivity contribution in [2.24, 2.45) is 5.41 Å². The van der Waals surface area contributed by atoms with Crippen LogP contribution in [0.1, 0.15) is 58.2 Å². The highest BCUT2D eigenvalue weighted by Crippen LogP contribution is 2.30. The number of nitrogens with one attached hydrogen (secondary N) is 1. The Morgan fingerprint density at radius 2 is 1.72 bits per heavy atom. The van der Waals surface area contributed by atoms with Crippen molar-refractivity contribution in [1.29, 1.82) is 0 Å². The Morgan fingerprint density at radius 1 is 1.00 bits per heavy atom. The van der Waals surface area contributed by atoms with Crippen molar-refractivity contribution in [3.63, 3.8) is 0 Å². The first kappa shape index (κ1) is 32.8. The molecule has 0 spiro atoms. The van der Waals surface area contributed by atoms with Gasteiger partial charge in [0, 0.05) is 45.2 Å². The van der Waals surface area contributed by atoms with Crippen molar-refractivity contribution in [3.8, 4) is 0 Å². The fraction of sp³-hybridized carbons (Fsp3) is 0.793. The molecule has 240 valence electrons. The molecule has 1 N–H and O–H groups in total. The number of carbonyl (C=O) groups is 4. The summed E-state index contributed by atoms with van der Waals surface area (Å²) in [7, 11) is 3.88. The molecule has 0 bridgehead atoms. The molecule has 2 atom stereocenters. The van der Waals surface area contributed by atoms with Gasteiger partial charge in [-0.1, -0.05) is 26.0 Å². The van der Waals surface area contributed by atoms with Gasteiger partial charge in [0.25, 0.3) is 0 Å². The average molecular weight is 605 g/mol. The quantitative estimate of drug-likeness (QED) is 0.488. The van der Waals surface area contributed by atoms with Gasteiger partial charge in [0.05, 0.1) is 37.8 Å². The normalized spacial score (nSPS) is 24.1. The molecule has 14 nitrogen and oxygen atoms in total. The molecule has 4 heterocycles. The number of ether oxygens (including phenoxy) is 2. The van der Waals surface area contributed by atoms with Crippen LogP contribution in [-0.4, -0.2) is 144 Å². The molecule has 0 unspecified atom stereocenters. The number of piperidine rings is 1. The number of fused-ring (bicyclic) bond motifs is 1. The first-order chi connectivity index (χ1) is 20.4. The van der Waals surface area contributed by atoms with Crippen LogP contribution in [0, 0.1) is 5.41 Å². The van der Waals surface area contributed by atoms with E-state index < -0.39 is 12.1 Å². The van der Waals surface area contributed by atoms with Crippen molar-refractivity contribution in [2.75, 3.05) is 73.2 Å². The Balaban J connectivity index is 1.52. The first-order valence-corrected chi connectivity index (χ1v) is 15.3. The summed E-state index contributed by atoms with van der Waals surface area (Å²) in [6.45, 7) is 8.83. The molecule has 3 saturated heterocycles. The van der Waals surface area contributed by atoms with Crippen molar-refractivity contribution in [1.82, 2.24) is 39.9 Å². The van der Waals surface area contributed by atoms with E-state index in [0.29, 0.717) is 51.9 Å². The van der Waals surface area contributed by atoms with E-state index >= 15 is 0 Å². The number of likely N-dealkylation sites (tertiary alicyclic amines) is 1. The third-order valence-electron chi connectivity index (χ3n) is 8.04. The zero-order chi connectivity index (χ0) is 31.1. The van der Waals surface area contributed by atoms with Crippen LogP contribution in [0.5, 0.6) is 0 Å². The topological polar surface area (TPSA) is 142 Å². The van der Waals surface area contributed by atoms with E-state index in [1.54, 1.807) is 14.5 Å². The zero-order valence-corrected chi connectivity index (χ0v) is 26.3. The molecular weight excluding hydrogens is 556 g/mol. The van der Waals surface area contributed by atoms with Crippen LogP contribution in [0.15, 0.2) is 6.20 Å². The fourth-order valence-corrected chi connectivity index (χ4v) is 5.98. The van der Waals surface area contributed by atoms with Crippen molar-refractivity contribution >= 4 is 23.6 Å². The van der Waals surface area contributed by atoms with E-state index in [9.17, 15) is 19.2 Å². The second-order valence-electron chi connectivity index (χ2n) is 13.1.